The topological polar surface area (TPSA) is 44.7 Å². The van der Waals surface area contributed by atoms with Gasteiger partial charge in [-0.3, -0.25) is 0 Å². The summed E-state index contributed by atoms with van der Waals surface area (Å²) in [6.45, 7) is 5.04. The zero-order chi connectivity index (χ0) is 13.7. The van der Waals surface area contributed by atoms with Gasteiger partial charge in [-0.25, -0.2) is 0 Å². The van der Waals surface area contributed by atoms with Crippen LogP contribution in [0.1, 0.15) is 18.1 Å². The fraction of sp³-hybridized carbons (Fsp3) is 0.571. The molecule has 4 nitrogen and oxygen atoms in total. The first-order chi connectivity index (χ1) is 9.20. The smallest absolute Gasteiger partial charge is 0.120 e. The third kappa shape index (κ3) is 4.08. The predicted octanol–water partition coefficient (Wildman–Crippen LogP) is 1.68. The molecule has 1 atom stereocenters. The predicted molar refractivity (Wildman–Crippen MR) is 76.9 cm³/mol. The largest absolute Gasteiger partial charge is 0.497 e. The molecule has 5 heteroatoms. The minimum atomic E-state index is -0.520. The van der Waals surface area contributed by atoms with Gasteiger partial charge < -0.3 is 20.1 Å². The summed E-state index contributed by atoms with van der Waals surface area (Å²) in [6.07, 6.45) is 0.180. The van der Waals surface area contributed by atoms with Crippen molar-refractivity contribution in [3.05, 3.63) is 28.8 Å². The van der Waals surface area contributed by atoms with Crippen LogP contribution >= 0.6 is 11.6 Å². The van der Waals surface area contributed by atoms with Crippen molar-refractivity contribution in [1.82, 2.24) is 10.2 Å². The van der Waals surface area contributed by atoms with Gasteiger partial charge in [0.15, 0.2) is 0 Å². The summed E-state index contributed by atoms with van der Waals surface area (Å²) in [4.78, 5) is 2.36. The third-order valence-corrected chi connectivity index (χ3v) is 3.82. The molecule has 2 N–H and O–H groups in total. The van der Waals surface area contributed by atoms with E-state index in [1.807, 2.05) is 12.1 Å². The first-order valence-electron chi connectivity index (χ1n) is 6.65. The third-order valence-electron chi connectivity index (χ3n) is 3.49. The summed E-state index contributed by atoms with van der Waals surface area (Å²) < 4.78 is 5.10. The lowest BCUT2D eigenvalue weighted by Crippen LogP contribution is -2.44. The summed E-state index contributed by atoms with van der Waals surface area (Å²) in [6, 6.07) is 5.41. The molecule has 0 spiro atoms. The number of aliphatic hydroxyl groups is 1. The molecule has 1 saturated heterocycles. The Labute approximate surface area is 119 Å². The van der Waals surface area contributed by atoms with Gasteiger partial charge in [-0.2, -0.15) is 0 Å². The number of nitrogens with zero attached hydrogens (tertiary/aromatic N) is 1. The molecular formula is C14H21ClN2O2. The summed E-state index contributed by atoms with van der Waals surface area (Å²) in [5.41, 5.74) is 0.776. The minimum Gasteiger partial charge on any atom is -0.497 e. The zero-order valence-corrected chi connectivity index (χ0v) is 12.0. The Balaban J connectivity index is 1.89. The van der Waals surface area contributed by atoms with Crippen LogP contribution in [-0.2, 0) is 0 Å². The van der Waals surface area contributed by atoms with Crippen LogP contribution in [0.5, 0.6) is 5.75 Å². The molecule has 2 rings (SSSR count). The number of rotatable bonds is 5. The highest BCUT2D eigenvalue weighted by atomic mass is 35.5. The number of hydrogen-bond donors (Lipinski definition) is 2. The average molecular weight is 285 g/mol. The summed E-state index contributed by atoms with van der Waals surface area (Å²) in [5, 5.41) is 14.1. The second kappa shape index (κ2) is 7.10. The van der Waals surface area contributed by atoms with Crippen LogP contribution in [0, 0.1) is 0 Å². The molecular weight excluding hydrogens is 264 g/mol. The lowest BCUT2D eigenvalue weighted by atomic mass is 10.1. The van der Waals surface area contributed by atoms with Gasteiger partial charge in [0, 0.05) is 32.7 Å². The van der Waals surface area contributed by atoms with Crippen molar-refractivity contribution in [3.8, 4) is 5.75 Å². The number of aliphatic hydroxyl groups excluding tert-OH is 1. The van der Waals surface area contributed by atoms with Crippen molar-refractivity contribution < 1.29 is 9.84 Å². The van der Waals surface area contributed by atoms with Gasteiger partial charge in [-0.05, 0) is 24.1 Å². The number of nitrogens with one attached hydrogen (secondary N) is 1. The van der Waals surface area contributed by atoms with Gasteiger partial charge in [0.25, 0.3) is 0 Å². The van der Waals surface area contributed by atoms with E-state index in [0.717, 1.165) is 38.3 Å². The Bertz CT molecular complexity index is 408. The van der Waals surface area contributed by atoms with Crippen LogP contribution in [0.15, 0.2) is 18.2 Å². The molecule has 0 aliphatic carbocycles. The molecule has 1 aromatic rings. The van der Waals surface area contributed by atoms with E-state index >= 15 is 0 Å². The first-order valence-corrected chi connectivity index (χ1v) is 7.03. The number of halogens is 1. The SMILES string of the molecule is COc1ccc(C(O)CCN2CCNCC2)c(Cl)c1. The molecule has 0 saturated carbocycles. The fourth-order valence-corrected chi connectivity index (χ4v) is 2.60. The van der Waals surface area contributed by atoms with E-state index < -0.39 is 6.10 Å². The Hall–Kier alpha value is -0.810. The van der Waals surface area contributed by atoms with Gasteiger partial charge in [-0.15, -0.1) is 0 Å². The van der Waals surface area contributed by atoms with E-state index in [2.05, 4.69) is 10.2 Å². The van der Waals surface area contributed by atoms with Gasteiger partial charge in [-0.1, -0.05) is 17.7 Å². The summed E-state index contributed by atoms with van der Waals surface area (Å²) in [7, 11) is 1.60. The maximum Gasteiger partial charge on any atom is 0.120 e. The molecule has 1 fully saturated rings. The lowest BCUT2D eigenvalue weighted by Gasteiger charge is -2.28. The fourth-order valence-electron chi connectivity index (χ4n) is 2.30. The van der Waals surface area contributed by atoms with E-state index in [9.17, 15) is 5.11 Å². The van der Waals surface area contributed by atoms with Crippen molar-refractivity contribution in [2.75, 3.05) is 39.8 Å². The molecule has 0 radical (unpaired) electrons. The standard InChI is InChI=1S/C14H21ClN2O2/c1-19-11-2-3-12(13(15)10-11)14(18)4-7-17-8-5-16-6-9-17/h2-3,10,14,16,18H,4-9H2,1H3. The van der Waals surface area contributed by atoms with Gasteiger partial charge >= 0.3 is 0 Å². The normalized spacial score (nSPS) is 18.3. The highest BCUT2D eigenvalue weighted by Gasteiger charge is 2.15. The van der Waals surface area contributed by atoms with Crippen LogP contribution in [-0.4, -0.2) is 49.8 Å². The maximum absolute atomic E-state index is 10.2. The van der Waals surface area contributed by atoms with Crippen LogP contribution in [0.4, 0.5) is 0 Å². The summed E-state index contributed by atoms with van der Waals surface area (Å²) >= 11 is 6.16. The summed E-state index contributed by atoms with van der Waals surface area (Å²) in [5.74, 6) is 0.711. The van der Waals surface area contributed by atoms with E-state index in [-0.39, 0.29) is 0 Å². The Morgan fingerprint density at radius 3 is 2.79 bits per heavy atom. The average Bonchev–Trinajstić information content (AvgIpc) is 2.45. The maximum atomic E-state index is 10.2. The second-order valence-electron chi connectivity index (χ2n) is 4.78. The molecule has 1 heterocycles. The molecule has 1 unspecified atom stereocenters. The van der Waals surface area contributed by atoms with Gasteiger partial charge in [0.2, 0.25) is 0 Å². The van der Waals surface area contributed by atoms with Crippen LogP contribution < -0.4 is 10.1 Å². The lowest BCUT2D eigenvalue weighted by molar-refractivity contribution is 0.137. The minimum absolute atomic E-state index is 0.520. The van der Waals surface area contributed by atoms with Crippen molar-refractivity contribution in [2.45, 2.75) is 12.5 Å². The molecule has 1 aliphatic heterocycles. The van der Waals surface area contributed by atoms with E-state index in [4.69, 9.17) is 16.3 Å². The van der Waals surface area contributed by atoms with Crippen molar-refractivity contribution in [1.29, 1.82) is 0 Å². The van der Waals surface area contributed by atoms with Gasteiger partial charge in [0.05, 0.1) is 18.2 Å². The Kier molecular flexibility index (Phi) is 5.45. The highest BCUT2D eigenvalue weighted by molar-refractivity contribution is 6.31. The van der Waals surface area contributed by atoms with E-state index in [1.165, 1.54) is 0 Å². The number of methoxy groups -OCH3 is 1. The number of ether oxygens (including phenoxy) is 1. The number of benzene rings is 1. The Morgan fingerprint density at radius 1 is 1.42 bits per heavy atom. The van der Waals surface area contributed by atoms with E-state index in [0.29, 0.717) is 17.2 Å². The molecule has 106 valence electrons. The van der Waals surface area contributed by atoms with Crippen LogP contribution in [0.3, 0.4) is 0 Å². The second-order valence-corrected chi connectivity index (χ2v) is 5.19. The first kappa shape index (κ1) is 14.6. The molecule has 19 heavy (non-hydrogen) atoms. The number of piperazine rings is 1. The molecule has 0 amide bonds. The van der Waals surface area contributed by atoms with Crippen LogP contribution in [0.25, 0.3) is 0 Å². The molecule has 1 aromatic carbocycles. The molecule has 0 aromatic heterocycles. The Morgan fingerprint density at radius 2 is 2.16 bits per heavy atom. The van der Waals surface area contributed by atoms with Crippen LogP contribution in [0.2, 0.25) is 5.02 Å². The van der Waals surface area contributed by atoms with Crippen molar-refractivity contribution in [2.24, 2.45) is 0 Å². The molecule has 0 bridgehead atoms. The monoisotopic (exact) mass is 284 g/mol. The van der Waals surface area contributed by atoms with Crippen molar-refractivity contribution >= 4 is 11.6 Å². The van der Waals surface area contributed by atoms with Gasteiger partial charge in [0.1, 0.15) is 5.75 Å². The number of hydrogen-bond acceptors (Lipinski definition) is 4. The molecule has 1 aliphatic rings. The van der Waals surface area contributed by atoms with Crippen molar-refractivity contribution in [3.63, 3.8) is 0 Å². The zero-order valence-electron chi connectivity index (χ0n) is 11.2. The highest BCUT2D eigenvalue weighted by Crippen LogP contribution is 2.29. The quantitative estimate of drug-likeness (QED) is 0.863. The van der Waals surface area contributed by atoms with E-state index in [1.54, 1.807) is 13.2 Å².